The molecule has 0 bridgehead atoms. The van der Waals surface area contributed by atoms with Crippen LogP contribution in [0.2, 0.25) is 0 Å². The third kappa shape index (κ3) is 3.96. The topological polar surface area (TPSA) is 120 Å². The van der Waals surface area contributed by atoms with Crippen molar-refractivity contribution in [3.63, 3.8) is 0 Å². The summed E-state index contributed by atoms with van der Waals surface area (Å²) in [5, 5.41) is 6.56. The van der Waals surface area contributed by atoms with Crippen LogP contribution in [0.5, 0.6) is 0 Å². The first-order valence-corrected chi connectivity index (χ1v) is 8.54. The van der Waals surface area contributed by atoms with Gasteiger partial charge in [-0.15, -0.1) is 0 Å². The summed E-state index contributed by atoms with van der Waals surface area (Å²) in [6, 6.07) is 12.1. The molecule has 2 aromatic heterocycles. The number of rotatable bonds is 6. The summed E-state index contributed by atoms with van der Waals surface area (Å²) in [4.78, 5) is 40.4. The number of benzene rings is 1. The number of aryl methyl sites for hydroxylation is 1. The lowest BCUT2D eigenvalue weighted by atomic mass is 10.0. The van der Waals surface area contributed by atoms with Gasteiger partial charge >= 0.3 is 0 Å². The van der Waals surface area contributed by atoms with Gasteiger partial charge < -0.3 is 11.1 Å². The van der Waals surface area contributed by atoms with Crippen LogP contribution in [0, 0.1) is 0 Å². The highest BCUT2D eigenvalue weighted by atomic mass is 16.2. The Kier molecular flexibility index (Phi) is 5.30. The molecule has 0 aliphatic carbocycles. The van der Waals surface area contributed by atoms with Crippen LogP contribution in [0.15, 0.2) is 48.7 Å². The van der Waals surface area contributed by atoms with E-state index in [0.29, 0.717) is 16.8 Å². The maximum atomic E-state index is 12.7. The zero-order valence-electron chi connectivity index (χ0n) is 15.5. The fourth-order valence-electron chi connectivity index (χ4n) is 2.85. The normalized spacial score (nSPS) is 10.5. The summed E-state index contributed by atoms with van der Waals surface area (Å²) in [5.74, 6) is -1.15. The first-order valence-electron chi connectivity index (χ1n) is 8.54. The first kappa shape index (κ1) is 19.0. The van der Waals surface area contributed by atoms with E-state index in [0.717, 1.165) is 5.56 Å². The molecule has 0 saturated carbocycles. The number of Topliss-reactive ketones (excluding diaryl/α,β-unsaturated/α-hetero) is 1. The minimum atomic E-state index is -0.684. The summed E-state index contributed by atoms with van der Waals surface area (Å²) >= 11 is 0. The second kappa shape index (κ2) is 7.83. The lowest BCUT2D eigenvalue weighted by molar-refractivity contribution is 0.0958. The standard InChI is InChI=1S/C20H19N5O3/c1-22-20(28)13-6-3-5-12(9-13)15-7-4-8-16(23-15)17(26)10-14-11-25(2)24-18(14)19(21)27/h3-9,11H,10H2,1-2H3,(H2,21,27)(H,22,28). The van der Waals surface area contributed by atoms with E-state index in [1.807, 2.05) is 6.07 Å². The molecule has 0 aliphatic rings. The Balaban J connectivity index is 1.89. The van der Waals surface area contributed by atoms with Crippen LogP contribution in [-0.4, -0.2) is 39.4 Å². The molecule has 0 saturated heterocycles. The van der Waals surface area contributed by atoms with Crippen LogP contribution >= 0.6 is 0 Å². The summed E-state index contributed by atoms with van der Waals surface area (Å²) in [6.45, 7) is 0. The number of nitrogens with zero attached hydrogens (tertiary/aromatic N) is 3. The molecule has 2 heterocycles. The van der Waals surface area contributed by atoms with Gasteiger partial charge in [-0.2, -0.15) is 5.10 Å². The molecule has 0 spiro atoms. The lowest BCUT2D eigenvalue weighted by Crippen LogP contribution is -2.17. The Morgan fingerprint density at radius 1 is 1.14 bits per heavy atom. The highest BCUT2D eigenvalue weighted by Crippen LogP contribution is 2.20. The number of nitrogens with one attached hydrogen (secondary N) is 1. The number of nitrogens with two attached hydrogens (primary N) is 1. The van der Waals surface area contributed by atoms with Crippen LogP contribution in [0.4, 0.5) is 0 Å². The van der Waals surface area contributed by atoms with Gasteiger partial charge in [-0.3, -0.25) is 19.1 Å². The number of ketones is 1. The van der Waals surface area contributed by atoms with E-state index >= 15 is 0 Å². The number of pyridine rings is 1. The SMILES string of the molecule is CNC(=O)c1cccc(-c2cccc(C(=O)Cc3cn(C)nc3C(N)=O)n2)c1. The molecule has 0 radical (unpaired) electrons. The second-order valence-corrected chi connectivity index (χ2v) is 6.21. The van der Waals surface area contributed by atoms with Gasteiger partial charge in [0.2, 0.25) is 0 Å². The summed E-state index contributed by atoms with van der Waals surface area (Å²) < 4.78 is 1.44. The molecule has 0 aliphatic heterocycles. The monoisotopic (exact) mass is 377 g/mol. The fourth-order valence-corrected chi connectivity index (χ4v) is 2.85. The van der Waals surface area contributed by atoms with Crippen LogP contribution in [0.3, 0.4) is 0 Å². The zero-order valence-corrected chi connectivity index (χ0v) is 15.5. The first-order chi connectivity index (χ1) is 13.4. The third-order valence-electron chi connectivity index (χ3n) is 4.17. The minimum absolute atomic E-state index is 0.0408. The molecular weight excluding hydrogens is 358 g/mol. The van der Waals surface area contributed by atoms with Crippen molar-refractivity contribution in [2.45, 2.75) is 6.42 Å². The summed E-state index contributed by atoms with van der Waals surface area (Å²) in [7, 11) is 3.21. The van der Waals surface area contributed by atoms with E-state index in [2.05, 4.69) is 15.4 Å². The van der Waals surface area contributed by atoms with Crippen molar-refractivity contribution in [2.24, 2.45) is 12.8 Å². The minimum Gasteiger partial charge on any atom is -0.364 e. The maximum absolute atomic E-state index is 12.7. The van der Waals surface area contributed by atoms with Crippen molar-refractivity contribution in [1.82, 2.24) is 20.1 Å². The van der Waals surface area contributed by atoms with Crippen LogP contribution < -0.4 is 11.1 Å². The summed E-state index contributed by atoms with van der Waals surface area (Å²) in [6.07, 6.45) is 1.55. The van der Waals surface area contributed by atoms with Gasteiger partial charge in [-0.1, -0.05) is 18.2 Å². The number of carbonyl (C=O) groups is 3. The maximum Gasteiger partial charge on any atom is 0.269 e. The molecule has 0 atom stereocenters. The molecular formula is C20H19N5O3. The lowest BCUT2D eigenvalue weighted by Gasteiger charge is -2.06. The molecule has 1 aromatic carbocycles. The number of hydrogen-bond acceptors (Lipinski definition) is 5. The number of amides is 2. The van der Waals surface area contributed by atoms with Gasteiger partial charge in [-0.05, 0) is 24.3 Å². The highest BCUT2D eigenvalue weighted by molar-refractivity contribution is 5.99. The Labute approximate surface area is 161 Å². The average molecular weight is 377 g/mol. The number of aromatic nitrogens is 3. The molecule has 142 valence electrons. The quantitative estimate of drug-likeness (QED) is 0.629. The van der Waals surface area contributed by atoms with Gasteiger partial charge in [0.05, 0.1) is 5.69 Å². The molecule has 8 heteroatoms. The van der Waals surface area contributed by atoms with E-state index in [9.17, 15) is 14.4 Å². The van der Waals surface area contributed by atoms with Gasteiger partial charge in [0.15, 0.2) is 11.5 Å². The van der Waals surface area contributed by atoms with Gasteiger partial charge in [-0.25, -0.2) is 4.98 Å². The number of carbonyl (C=O) groups excluding carboxylic acids is 3. The van der Waals surface area contributed by atoms with Crippen molar-refractivity contribution >= 4 is 17.6 Å². The Morgan fingerprint density at radius 3 is 2.61 bits per heavy atom. The second-order valence-electron chi connectivity index (χ2n) is 6.21. The van der Waals surface area contributed by atoms with Crippen molar-refractivity contribution in [1.29, 1.82) is 0 Å². The van der Waals surface area contributed by atoms with E-state index in [1.165, 1.54) is 4.68 Å². The van der Waals surface area contributed by atoms with Crippen LogP contribution in [0.1, 0.15) is 36.9 Å². The molecule has 0 fully saturated rings. The predicted octanol–water partition coefficient (Wildman–Crippen LogP) is 1.37. The Hall–Kier alpha value is -3.81. The van der Waals surface area contributed by atoms with E-state index in [1.54, 1.807) is 56.7 Å². The van der Waals surface area contributed by atoms with Crippen molar-refractivity contribution in [3.8, 4) is 11.3 Å². The largest absolute Gasteiger partial charge is 0.364 e. The van der Waals surface area contributed by atoms with E-state index in [-0.39, 0.29) is 29.5 Å². The number of hydrogen-bond donors (Lipinski definition) is 2. The van der Waals surface area contributed by atoms with E-state index < -0.39 is 5.91 Å². The predicted molar refractivity (Wildman–Crippen MR) is 103 cm³/mol. The fraction of sp³-hybridized carbons (Fsp3) is 0.150. The molecule has 0 unspecified atom stereocenters. The van der Waals surface area contributed by atoms with Gasteiger partial charge in [0.25, 0.3) is 11.8 Å². The smallest absolute Gasteiger partial charge is 0.269 e. The van der Waals surface area contributed by atoms with Crippen molar-refractivity contribution in [3.05, 3.63) is 71.2 Å². The van der Waals surface area contributed by atoms with Crippen LogP contribution in [-0.2, 0) is 13.5 Å². The van der Waals surface area contributed by atoms with Gasteiger partial charge in [0.1, 0.15) is 5.69 Å². The van der Waals surface area contributed by atoms with Gasteiger partial charge in [0, 0.05) is 43.4 Å². The van der Waals surface area contributed by atoms with E-state index in [4.69, 9.17) is 5.73 Å². The number of primary amides is 1. The molecule has 2 amide bonds. The van der Waals surface area contributed by atoms with Crippen LogP contribution in [0.25, 0.3) is 11.3 Å². The zero-order chi connectivity index (χ0) is 20.3. The molecule has 3 rings (SSSR count). The molecule has 3 N–H and O–H groups in total. The average Bonchev–Trinajstić information content (AvgIpc) is 3.08. The highest BCUT2D eigenvalue weighted by Gasteiger charge is 2.18. The Bertz CT molecular complexity index is 1070. The van der Waals surface area contributed by atoms with Crippen molar-refractivity contribution < 1.29 is 14.4 Å². The molecule has 28 heavy (non-hydrogen) atoms. The van der Waals surface area contributed by atoms with Crippen molar-refractivity contribution in [2.75, 3.05) is 7.05 Å². The molecule has 8 nitrogen and oxygen atoms in total. The molecule has 3 aromatic rings. The summed E-state index contributed by atoms with van der Waals surface area (Å²) in [5.41, 5.74) is 7.88. The Morgan fingerprint density at radius 2 is 1.89 bits per heavy atom. The third-order valence-corrected chi connectivity index (χ3v) is 4.17.